The summed E-state index contributed by atoms with van der Waals surface area (Å²) in [5.41, 5.74) is 6.90. The largest absolute Gasteiger partial charge is 0.462 e. The van der Waals surface area contributed by atoms with Crippen molar-refractivity contribution < 1.29 is 18.7 Å². The molecular formula is C18H25FN2O3. The van der Waals surface area contributed by atoms with E-state index in [9.17, 15) is 9.18 Å². The van der Waals surface area contributed by atoms with Crippen molar-refractivity contribution in [3.63, 3.8) is 0 Å². The maximum Gasteiger partial charge on any atom is 0.337 e. The van der Waals surface area contributed by atoms with Crippen LogP contribution in [0.4, 0.5) is 4.39 Å². The molecule has 1 aliphatic heterocycles. The van der Waals surface area contributed by atoms with Crippen LogP contribution in [0.25, 0.3) is 0 Å². The Balaban J connectivity index is 1.91. The molecule has 2 rings (SSSR count). The van der Waals surface area contributed by atoms with E-state index in [1.165, 1.54) is 6.07 Å². The third-order valence-corrected chi connectivity index (χ3v) is 4.24. The van der Waals surface area contributed by atoms with Gasteiger partial charge in [0, 0.05) is 26.7 Å². The molecule has 24 heavy (non-hydrogen) atoms. The summed E-state index contributed by atoms with van der Waals surface area (Å²) in [5.74, 6) is -0.0388. The number of hydrogen-bond acceptors (Lipinski definition) is 5. The quantitative estimate of drug-likeness (QED) is 0.589. The standard InChI is InChI=1S/C18H25FN2O3/c1-21-17(20)15(12-13-6-9-23-10-7-13)18(22)24-11-8-14-4-2-3-5-16(14)19/h2-5,13,21H,6-12,20H2,1H3/b17-15+. The second kappa shape index (κ2) is 9.27. The fraction of sp³-hybridized carbons (Fsp3) is 0.500. The molecule has 1 fully saturated rings. The number of hydrogen-bond donors (Lipinski definition) is 2. The number of carbonyl (C=O) groups is 1. The summed E-state index contributed by atoms with van der Waals surface area (Å²) in [7, 11) is 1.67. The van der Waals surface area contributed by atoms with Gasteiger partial charge in [0.15, 0.2) is 0 Å². The molecule has 5 nitrogen and oxygen atoms in total. The lowest BCUT2D eigenvalue weighted by Crippen LogP contribution is -2.26. The Morgan fingerprint density at radius 2 is 2.08 bits per heavy atom. The molecule has 0 saturated carbocycles. The van der Waals surface area contributed by atoms with Crippen molar-refractivity contribution in [2.75, 3.05) is 26.9 Å². The monoisotopic (exact) mass is 336 g/mol. The Morgan fingerprint density at radius 3 is 2.75 bits per heavy atom. The molecule has 132 valence electrons. The molecule has 1 aliphatic rings. The molecule has 0 bridgehead atoms. The highest BCUT2D eigenvalue weighted by Crippen LogP contribution is 2.24. The molecular weight excluding hydrogens is 311 g/mol. The van der Waals surface area contributed by atoms with Crippen molar-refractivity contribution in [2.45, 2.75) is 25.7 Å². The summed E-state index contributed by atoms with van der Waals surface area (Å²) in [6.07, 6.45) is 2.71. The first-order valence-electron chi connectivity index (χ1n) is 8.26. The minimum atomic E-state index is -0.440. The number of carbonyl (C=O) groups excluding carboxylic acids is 1. The van der Waals surface area contributed by atoms with Crippen LogP contribution < -0.4 is 11.1 Å². The van der Waals surface area contributed by atoms with Gasteiger partial charge in [0.1, 0.15) is 11.6 Å². The lowest BCUT2D eigenvalue weighted by atomic mass is 9.92. The summed E-state index contributed by atoms with van der Waals surface area (Å²) in [4.78, 5) is 12.4. The molecule has 1 aromatic carbocycles. The Bertz CT molecular complexity index is 583. The molecule has 0 aliphatic carbocycles. The van der Waals surface area contributed by atoms with E-state index in [0.29, 0.717) is 48.9 Å². The van der Waals surface area contributed by atoms with Gasteiger partial charge >= 0.3 is 5.97 Å². The van der Waals surface area contributed by atoms with E-state index in [4.69, 9.17) is 15.2 Å². The van der Waals surface area contributed by atoms with Crippen molar-refractivity contribution in [2.24, 2.45) is 11.7 Å². The van der Waals surface area contributed by atoms with Crippen LogP contribution in [0.5, 0.6) is 0 Å². The average molecular weight is 336 g/mol. The highest BCUT2D eigenvalue weighted by atomic mass is 19.1. The number of nitrogens with one attached hydrogen (secondary N) is 1. The highest BCUT2D eigenvalue weighted by Gasteiger charge is 2.22. The summed E-state index contributed by atoms with van der Waals surface area (Å²) in [6.45, 7) is 1.54. The van der Waals surface area contributed by atoms with Crippen molar-refractivity contribution in [3.05, 3.63) is 47.0 Å². The van der Waals surface area contributed by atoms with Crippen molar-refractivity contribution >= 4 is 5.97 Å². The van der Waals surface area contributed by atoms with Gasteiger partial charge in [0.25, 0.3) is 0 Å². The average Bonchev–Trinajstić information content (AvgIpc) is 2.61. The Hall–Kier alpha value is -2.08. The minimum absolute atomic E-state index is 0.119. The molecule has 0 atom stereocenters. The summed E-state index contributed by atoms with van der Waals surface area (Å²) in [6, 6.07) is 6.47. The Labute approximate surface area is 142 Å². The van der Waals surface area contributed by atoms with Crippen molar-refractivity contribution in [1.82, 2.24) is 5.32 Å². The fourth-order valence-electron chi connectivity index (χ4n) is 2.74. The van der Waals surface area contributed by atoms with Gasteiger partial charge in [-0.2, -0.15) is 0 Å². The summed E-state index contributed by atoms with van der Waals surface area (Å²) >= 11 is 0. The van der Waals surface area contributed by atoms with Crippen LogP contribution in [-0.4, -0.2) is 32.8 Å². The minimum Gasteiger partial charge on any atom is -0.462 e. The lowest BCUT2D eigenvalue weighted by molar-refractivity contribution is -0.139. The molecule has 0 radical (unpaired) electrons. The maximum absolute atomic E-state index is 13.6. The van der Waals surface area contributed by atoms with E-state index < -0.39 is 5.97 Å². The van der Waals surface area contributed by atoms with Crippen LogP contribution >= 0.6 is 0 Å². The third-order valence-electron chi connectivity index (χ3n) is 4.24. The number of nitrogens with two attached hydrogens (primary N) is 1. The van der Waals surface area contributed by atoms with E-state index in [-0.39, 0.29) is 12.4 Å². The second-order valence-electron chi connectivity index (χ2n) is 5.88. The van der Waals surface area contributed by atoms with Gasteiger partial charge in [-0.3, -0.25) is 0 Å². The maximum atomic E-state index is 13.6. The van der Waals surface area contributed by atoms with Crippen molar-refractivity contribution in [3.8, 4) is 0 Å². The van der Waals surface area contributed by atoms with Gasteiger partial charge in [0.2, 0.25) is 0 Å². The molecule has 0 amide bonds. The molecule has 0 aromatic heterocycles. The first-order valence-corrected chi connectivity index (χ1v) is 8.26. The molecule has 1 aromatic rings. The molecule has 0 spiro atoms. The van der Waals surface area contributed by atoms with E-state index in [2.05, 4.69) is 5.32 Å². The van der Waals surface area contributed by atoms with Gasteiger partial charge in [0.05, 0.1) is 12.2 Å². The predicted octanol–water partition coefficient (Wildman–Crippen LogP) is 2.12. The van der Waals surface area contributed by atoms with E-state index >= 15 is 0 Å². The van der Waals surface area contributed by atoms with Gasteiger partial charge < -0.3 is 20.5 Å². The third kappa shape index (κ3) is 5.23. The van der Waals surface area contributed by atoms with Gasteiger partial charge in [-0.15, -0.1) is 0 Å². The Morgan fingerprint density at radius 1 is 1.38 bits per heavy atom. The normalized spacial score (nSPS) is 16.4. The topological polar surface area (TPSA) is 73.6 Å². The first-order chi connectivity index (χ1) is 11.6. The van der Waals surface area contributed by atoms with Gasteiger partial charge in [-0.25, -0.2) is 9.18 Å². The predicted molar refractivity (Wildman–Crippen MR) is 89.5 cm³/mol. The smallest absolute Gasteiger partial charge is 0.337 e. The van der Waals surface area contributed by atoms with Crippen LogP contribution in [-0.2, 0) is 20.7 Å². The van der Waals surface area contributed by atoms with Gasteiger partial charge in [-0.1, -0.05) is 18.2 Å². The summed E-state index contributed by atoms with van der Waals surface area (Å²) < 4.78 is 24.2. The van der Waals surface area contributed by atoms with Crippen LogP contribution in [0.3, 0.4) is 0 Å². The van der Waals surface area contributed by atoms with Crippen LogP contribution in [0.1, 0.15) is 24.8 Å². The molecule has 1 heterocycles. The highest BCUT2D eigenvalue weighted by molar-refractivity contribution is 5.89. The SMILES string of the molecule is CN/C(N)=C(\CC1CCOCC1)C(=O)OCCc1ccccc1F. The lowest BCUT2D eigenvalue weighted by Gasteiger charge is -2.23. The Kier molecular flexibility index (Phi) is 7.06. The van der Waals surface area contributed by atoms with Crippen LogP contribution in [0, 0.1) is 11.7 Å². The number of benzene rings is 1. The second-order valence-corrected chi connectivity index (χ2v) is 5.88. The number of rotatable bonds is 7. The molecule has 1 saturated heterocycles. The molecule has 3 N–H and O–H groups in total. The fourth-order valence-corrected chi connectivity index (χ4v) is 2.74. The molecule has 0 unspecified atom stereocenters. The van der Waals surface area contributed by atoms with E-state index in [0.717, 1.165) is 12.8 Å². The van der Waals surface area contributed by atoms with Crippen molar-refractivity contribution in [1.29, 1.82) is 0 Å². The number of esters is 1. The van der Waals surface area contributed by atoms with Crippen LogP contribution in [0.2, 0.25) is 0 Å². The zero-order chi connectivity index (χ0) is 17.4. The number of ether oxygens (including phenoxy) is 2. The van der Waals surface area contributed by atoms with E-state index in [1.807, 2.05) is 0 Å². The summed E-state index contributed by atoms with van der Waals surface area (Å²) in [5, 5.41) is 2.82. The number of halogens is 1. The zero-order valence-corrected chi connectivity index (χ0v) is 14.0. The molecule has 6 heteroatoms. The van der Waals surface area contributed by atoms with E-state index in [1.54, 1.807) is 25.2 Å². The van der Waals surface area contributed by atoms with Gasteiger partial charge in [-0.05, 0) is 36.8 Å². The zero-order valence-electron chi connectivity index (χ0n) is 14.0. The van der Waals surface area contributed by atoms with Crippen LogP contribution in [0.15, 0.2) is 35.7 Å². The first kappa shape index (κ1) is 18.3.